The number of hydrogen-bond acceptors (Lipinski definition) is 6. The minimum Gasteiger partial charge on any atom is -0.463 e. The molecular formula is C17H32O6. The van der Waals surface area contributed by atoms with E-state index in [0.717, 1.165) is 0 Å². The second-order valence-electron chi connectivity index (χ2n) is 6.85. The zero-order chi connectivity index (χ0) is 18.0. The zero-order valence-electron chi connectivity index (χ0n) is 15.5. The van der Waals surface area contributed by atoms with Gasteiger partial charge in [0.1, 0.15) is 0 Å². The topological polar surface area (TPSA) is 71.1 Å². The Balaban J connectivity index is 4.95. The molecule has 0 spiro atoms. The Labute approximate surface area is 139 Å². The third-order valence-corrected chi connectivity index (χ3v) is 2.72. The van der Waals surface area contributed by atoms with Gasteiger partial charge in [0, 0.05) is 7.11 Å². The number of carbonyl (C=O) groups is 2. The van der Waals surface area contributed by atoms with Crippen LogP contribution in [0.3, 0.4) is 0 Å². The fourth-order valence-electron chi connectivity index (χ4n) is 1.58. The molecule has 0 aromatic heterocycles. The molecule has 2 unspecified atom stereocenters. The molecule has 6 heteroatoms. The van der Waals surface area contributed by atoms with Gasteiger partial charge in [0.2, 0.25) is 0 Å². The monoisotopic (exact) mass is 332 g/mol. The fourth-order valence-corrected chi connectivity index (χ4v) is 1.58. The molecule has 0 heterocycles. The third kappa shape index (κ3) is 9.56. The summed E-state index contributed by atoms with van der Waals surface area (Å²) >= 11 is 0. The fraction of sp³-hybridized carbons (Fsp3) is 0.882. The first kappa shape index (κ1) is 21.9. The summed E-state index contributed by atoms with van der Waals surface area (Å²) in [6.07, 6.45) is -2.26. The molecule has 0 saturated carbocycles. The molecule has 0 rings (SSSR count). The molecule has 0 aliphatic rings. The van der Waals surface area contributed by atoms with E-state index in [-0.39, 0.29) is 31.0 Å². The van der Waals surface area contributed by atoms with Crippen LogP contribution in [0.15, 0.2) is 0 Å². The van der Waals surface area contributed by atoms with Crippen molar-refractivity contribution in [2.75, 3.05) is 26.9 Å². The molecule has 0 aromatic carbocycles. The van der Waals surface area contributed by atoms with Crippen LogP contribution in [0.2, 0.25) is 0 Å². The van der Waals surface area contributed by atoms with Gasteiger partial charge in [-0.25, -0.2) is 9.59 Å². The maximum atomic E-state index is 12.3. The summed E-state index contributed by atoms with van der Waals surface area (Å²) in [4.78, 5) is 24.4. The lowest BCUT2D eigenvalue weighted by atomic mass is 10.1. The van der Waals surface area contributed by atoms with Gasteiger partial charge in [-0.2, -0.15) is 0 Å². The highest BCUT2D eigenvalue weighted by Crippen LogP contribution is 2.12. The lowest BCUT2D eigenvalue weighted by Gasteiger charge is -2.25. The van der Waals surface area contributed by atoms with E-state index in [4.69, 9.17) is 18.9 Å². The lowest BCUT2D eigenvalue weighted by molar-refractivity contribution is -0.182. The summed E-state index contributed by atoms with van der Waals surface area (Å²) in [5.74, 6) is -0.623. The predicted molar refractivity (Wildman–Crippen MR) is 87.0 cm³/mol. The van der Waals surface area contributed by atoms with E-state index in [1.54, 1.807) is 0 Å². The maximum absolute atomic E-state index is 12.3. The van der Waals surface area contributed by atoms with Gasteiger partial charge in [-0.3, -0.25) is 0 Å². The number of carbonyl (C=O) groups excluding carboxylic acids is 2. The van der Waals surface area contributed by atoms with Crippen molar-refractivity contribution in [1.29, 1.82) is 0 Å². The summed E-state index contributed by atoms with van der Waals surface area (Å²) in [6, 6.07) is 0. The number of hydrogen-bond donors (Lipinski definition) is 0. The number of rotatable bonds is 11. The van der Waals surface area contributed by atoms with E-state index in [1.807, 2.05) is 41.5 Å². The Morgan fingerprint density at radius 1 is 0.696 bits per heavy atom. The van der Waals surface area contributed by atoms with E-state index in [9.17, 15) is 9.59 Å². The second kappa shape index (κ2) is 11.4. The van der Waals surface area contributed by atoms with Crippen molar-refractivity contribution < 1.29 is 28.5 Å². The van der Waals surface area contributed by atoms with Gasteiger partial charge in [0.25, 0.3) is 0 Å². The van der Waals surface area contributed by atoms with Crippen LogP contribution in [0.1, 0.15) is 41.5 Å². The summed E-state index contributed by atoms with van der Waals surface area (Å²) in [7, 11) is 1.35. The van der Waals surface area contributed by atoms with Crippen molar-refractivity contribution in [3.8, 4) is 0 Å². The number of esters is 2. The molecule has 0 bridgehead atoms. The quantitative estimate of drug-likeness (QED) is 0.541. The van der Waals surface area contributed by atoms with Crippen LogP contribution in [-0.4, -0.2) is 51.1 Å². The van der Waals surface area contributed by atoms with E-state index < -0.39 is 24.1 Å². The van der Waals surface area contributed by atoms with Gasteiger partial charge >= 0.3 is 11.9 Å². The Morgan fingerprint density at radius 3 is 1.43 bits per heavy atom. The van der Waals surface area contributed by atoms with E-state index in [1.165, 1.54) is 7.11 Å². The van der Waals surface area contributed by atoms with Crippen molar-refractivity contribution in [3.63, 3.8) is 0 Å². The van der Waals surface area contributed by atoms with Gasteiger partial charge in [-0.15, -0.1) is 0 Å². The average molecular weight is 332 g/mol. The lowest BCUT2D eigenvalue weighted by Crippen LogP contribution is -2.46. The van der Waals surface area contributed by atoms with E-state index >= 15 is 0 Å². The summed E-state index contributed by atoms with van der Waals surface area (Å²) in [6.45, 7) is 12.5. The van der Waals surface area contributed by atoms with Crippen molar-refractivity contribution in [2.24, 2.45) is 17.8 Å². The minimum absolute atomic E-state index is 0.193. The van der Waals surface area contributed by atoms with Gasteiger partial charge < -0.3 is 18.9 Å². The molecule has 0 fully saturated rings. The van der Waals surface area contributed by atoms with Gasteiger partial charge in [-0.05, 0) is 17.8 Å². The minimum atomic E-state index is -1.13. The number of methoxy groups -OCH3 is 1. The highest BCUT2D eigenvalue weighted by Gasteiger charge is 2.37. The smallest absolute Gasteiger partial charge is 0.338 e. The molecule has 0 radical (unpaired) electrons. The van der Waals surface area contributed by atoms with Gasteiger partial charge in [0.05, 0.1) is 19.8 Å². The Bertz CT molecular complexity index is 351. The normalized spacial score (nSPS) is 14.2. The second-order valence-corrected chi connectivity index (χ2v) is 6.85. The molecule has 0 N–H and O–H groups in total. The van der Waals surface area contributed by atoms with Crippen LogP contribution >= 0.6 is 0 Å². The molecular weight excluding hydrogens is 300 g/mol. The summed E-state index contributed by atoms with van der Waals surface area (Å²) in [5.41, 5.74) is 0. The average Bonchev–Trinajstić information content (AvgIpc) is 2.46. The highest BCUT2D eigenvalue weighted by molar-refractivity contribution is 5.85. The summed E-state index contributed by atoms with van der Waals surface area (Å²) < 4.78 is 21.1. The van der Waals surface area contributed by atoms with Gasteiger partial charge in [-0.1, -0.05) is 41.5 Å². The third-order valence-electron chi connectivity index (χ3n) is 2.72. The first-order chi connectivity index (χ1) is 10.7. The maximum Gasteiger partial charge on any atom is 0.338 e. The van der Waals surface area contributed by atoms with Gasteiger partial charge in [0.15, 0.2) is 12.2 Å². The highest BCUT2D eigenvalue weighted by atomic mass is 16.6. The molecule has 6 nitrogen and oxygen atoms in total. The van der Waals surface area contributed by atoms with Crippen LogP contribution < -0.4 is 0 Å². The largest absolute Gasteiger partial charge is 0.463 e. The van der Waals surface area contributed by atoms with Crippen LogP contribution in [0.25, 0.3) is 0 Å². The predicted octanol–water partition coefficient (Wildman–Crippen LogP) is 2.44. The van der Waals surface area contributed by atoms with Crippen molar-refractivity contribution in [2.45, 2.75) is 53.8 Å². The van der Waals surface area contributed by atoms with Crippen molar-refractivity contribution >= 4 is 11.9 Å². The number of ether oxygens (including phenoxy) is 4. The Kier molecular flexibility index (Phi) is 10.8. The molecule has 23 heavy (non-hydrogen) atoms. The molecule has 136 valence electrons. The van der Waals surface area contributed by atoms with Crippen LogP contribution in [0.4, 0.5) is 0 Å². The first-order valence-electron chi connectivity index (χ1n) is 8.16. The van der Waals surface area contributed by atoms with Crippen molar-refractivity contribution in [3.05, 3.63) is 0 Å². The first-order valence-corrected chi connectivity index (χ1v) is 8.16. The molecule has 0 amide bonds. The Hall–Kier alpha value is -1.14. The van der Waals surface area contributed by atoms with E-state index in [2.05, 4.69) is 0 Å². The zero-order valence-corrected chi connectivity index (χ0v) is 15.5. The van der Waals surface area contributed by atoms with Crippen molar-refractivity contribution in [1.82, 2.24) is 0 Å². The Morgan fingerprint density at radius 2 is 1.09 bits per heavy atom. The van der Waals surface area contributed by atoms with Crippen LogP contribution in [0.5, 0.6) is 0 Å². The van der Waals surface area contributed by atoms with Crippen LogP contribution in [0, 0.1) is 17.8 Å². The van der Waals surface area contributed by atoms with E-state index in [0.29, 0.717) is 6.61 Å². The molecule has 0 aromatic rings. The molecule has 0 aliphatic carbocycles. The van der Waals surface area contributed by atoms with Crippen LogP contribution in [-0.2, 0) is 28.5 Å². The molecule has 0 saturated heterocycles. The molecule has 2 atom stereocenters. The summed E-state index contributed by atoms with van der Waals surface area (Å²) in [5, 5.41) is 0. The standard InChI is InChI=1S/C17H32O6/c1-11(2)8-21-15(17(19)23-10-13(5)6)14(20-7)16(18)22-9-12(3)4/h11-15H,8-10H2,1-7H3. The molecule has 0 aliphatic heterocycles. The SMILES string of the molecule is COC(C(=O)OCC(C)C)C(OCC(C)C)C(=O)OCC(C)C.